The molecule has 1 amide bonds. The van der Waals surface area contributed by atoms with Gasteiger partial charge < -0.3 is 14.5 Å². The fourth-order valence-corrected chi connectivity index (χ4v) is 3.64. The van der Waals surface area contributed by atoms with Crippen LogP contribution in [0.1, 0.15) is 28.6 Å². The first-order chi connectivity index (χ1) is 15.8. The molecule has 0 aliphatic heterocycles. The number of nitrogens with one attached hydrogen (secondary N) is 1. The van der Waals surface area contributed by atoms with Gasteiger partial charge in [0.2, 0.25) is 0 Å². The molecule has 32 heavy (non-hydrogen) atoms. The summed E-state index contributed by atoms with van der Waals surface area (Å²) in [5, 5.41) is 13.4. The Labute approximate surface area is 184 Å². The molecule has 7 heteroatoms. The van der Waals surface area contributed by atoms with Gasteiger partial charge in [-0.2, -0.15) is 0 Å². The van der Waals surface area contributed by atoms with Gasteiger partial charge in [0, 0.05) is 24.5 Å². The standard InChI is InChI=1S/C25H22N4O3/c30-25(26-15-6-12-24-28-27-23-11-3-4-16-29(23)24)22-14-13-19(32-22)17-31-21-10-5-8-18-7-1-2-9-20(18)21/h1-5,7-11,13-14,16H,6,12,15,17H2,(H,26,30). The van der Waals surface area contributed by atoms with E-state index in [1.54, 1.807) is 12.1 Å². The second-order valence-electron chi connectivity index (χ2n) is 7.44. The number of aromatic nitrogens is 3. The van der Waals surface area contributed by atoms with Crippen LogP contribution in [0.25, 0.3) is 16.4 Å². The van der Waals surface area contributed by atoms with Gasteiger partial charge in [0.05, 0.1) is 0 Å². The van der Waals surface area contributed by atoms with Gasteiger partial charge in [-0.15, -0.1) is 10.2 Å². The van der Waals surface area contributed by atoms with Crippen molar-refractivity contribution in [3.63, 3.8) is 0 Å². The van der Waals surface area contributed by atoms with Crippen LogP contribution in [-0.4, -0.2) is 27.0 Å². The number of amides is 1. The van der Waals surface area contributed by atoms with Crippen LogP contribution in [0.4, 0.5) is 0 Å². The highest BCUT2D eigenvalue weighted by molar-refractivity contribution is 5.91. The van der Waals surface area contributed by atoms with E-state index in [0.29, 0.717) is 18.7 Å². The second-order valence-corrected chi connectivity index (χ2v) is 7.44. The molecule has 0 bridgehead atoms. The zero-order valence-electron chi connectivity index (χ0n) is 17.4. The van der Waals surface area contributed by atoms with Crippen LogP contribution >= 0.6 is 0 Å². The predicted octanol–water partition coefficient (Wildman–Crippen LogP) is 4.42. The van der Waals surface area contributed by atoms with Crippen LogP contribution in [0.3, 0.4) is 0 Å². The third-order valence-electron chi connectivity index (χ3n) is 5.25. The Hall–Kier alpha value is -4.13. The van der Waals surface area contributed by atoms with Crippen molar-refractivity contribution in [2.24, 2.45) is 0 Å². The first-order valence-corrected chi connectivity index (χ1v) is 10.5. The van der Waals surface area contributed by atoms with Crippen LogP contribution in [0.15, 0.2) is 83.4 Å². The van der Waals surface area contributed by atoms with E-state index in [4.69, 9.17) is 9.15 Å². The molecule has 3 aromatic heterocycles. The molecule has 3 heterocycles. The molecular formula is C25H22N4O3. The number of carbonyl (C=O) groups excluding carboxylic acids is 1. The molecule has 2 aromatic carbocycles. The van der Waals surface area contributed by atoms with Crippen LogP contribution < -0.4 is 10.1 Å². The molecule has 0 radical (unpaired) electrons. The molecule has 0 spiro atoms. The summed E-state index contributed by atoms with van der Waals surface area (Å²) in [6, 6.07) is 23.2. The third-order valence-corrected chi connectivity index (χ3v) is 5.25. The highest BCUT2D eigenvalue weighted by Crippen LogP contribution is 2.26. The number of nitrogens with zero attached hydrogens (tertiary/aromatic N) is 3. The minimum atomic E-state index is -0.243. The molecule has 5 rings (SSSR count). The van der Waals surface area contributed by atoms with E-state index in [1.807, 2.05) is 71.3 Å². The fraction of sp³-hybridized carbons (Fsp3) is 0.160. The molecule has 5 aromatic rings. The minimum absolute atomic E-state index is 0.243. The lowest BCUT2D eigenvalue weighted by atomic mass is 10.1. The summed E-state index contributed by atoms with van der Waals surface area (Å²) in [5.41, 5.74) is 0.820. The molecule has 0 unspecified atom stereocenters. The van der Waals surface area contributed by atoms with Crippen LogP contribution in [0.2, 0.25) is 0 Å². The van der Waals surface area contributed by atoms with Gasteiger partial charge >= 0.3 is 0 Å². The third kappa shape index (κ3) is 4.18. The van der Waals surface area contributed by atoms with Crippen molar-refractivity contribution in [3.05, 3.63) is 96.3 Å². The second kappa shape index (κ2) is 8.93. The van der Waals surface area contributed by atoms with Gasteiger partial charge in [0.15, 0.2) is 11.4 Å². The van der Waals surface area contributed by atoms with Gasteiger partial charge in [0.1, 0.15) is 23.9 Å². The van der Waals surface area contributed by atoms with Gasteiger partial charge in [-0.1, -0.05) is 42.5 Å². The average molecular weight is 426 g/mol. The Morgan fingerprint density at radius 1 is 0.969 bits per heavy atom. The summed E-state index contributed by atoms with van der Waals surface area (Å²) >= 11 is 0. The van der Waals surface area contributed by atoms with Crippen molar-refractivity contribution in [2.75, 3.05) is 6.54 Å². The maximum atomic E-state index is 12.4. The minimum Gasteiger partial charge on any atom is -0.485 e. The molecule has 0 saturated carbocycles. The molecule has 0 aliphatic carbocycles. The first kappa shape index (κ1) is 19.8. The summed E-state index contributed by atoms with van der Waals surface area (Å²) in [7, 11) is 0. The van der Waals surface area contributed by atoms with Crippen LogP contribution in [-0.2, 0) is 13.0 Å². The Morgan fingerprint density at radius 3 is 2.81 bits per heavy atom. The number of furan rings is 1. The van der Waals surface area contributed by atoms with E-state index in [1.165, 1.54) is 0 Å². The first-order valence-electron chi connectivity index (χ1n) is 10.5. The lowest BCUT2D eigenvalue weighted by molar-refractivity contribution is 0.0921. The Bertz CT molecular complexity index is 1370. The average Bonchev–Trinajstić information content (AvgIpc) is 3.48. The number of aryl methyl sites for hydroxylation is 1. The zero-order chi connectivity index (χ0) is 21.8. The molecule has 0 saturated heterocycles. The van der Waals surface area contributed by atoms with E-state index in [2.05, 4.69) is 15.5 Å². The largest absolute Gasteiger partial charge is 0.485 e. The summed E-state index contributed by atoms with van der Waals surface area (Å²) in [4.78, 5) is 12.4. The van der Waals surface area contributed by atoms with Crippen molar-refractivity contribution in [2.45, 2.75) is 19.4 Å². The number of benzene rings is 2. The summed E-state index contributed by atoms with van der Waals surface area (Å²) in [6.07, 6.45) is 3.40. The monoisotopic (exact) mass is 426 g/mol. The van der Waals surface area contributed by atoms with Crippen molar-refractivity contribution < 1.29 is 13.9 Å². The summed E-state index contributed by atoms with van der Waals surface area (Å²) < 4.78 is 13.6. The normalized spacial score (nSPS) is 11.1. The Morgan fingerprint density at radius 2 is 1.84 bits per heavy atom. The molecule has 0 aliphatic rings. The number of hydrogen-bond donors (Lipinski definition) is 1. The lowest BCUT2D eigenvalue weighted by Crippen LogP contribution is -2.24. The van der Waals surface area contributed by atoms with Crippen molar-refractivity contribution in [3.8, 4) is 5.75 Å². The van der Waals surface area contributed by atoms with Crippen LogP contribution in [0.5, 0.6) is 5.75 Å². The van der Waals surface area contributed by atoms with Gasteiger partial charge in [0.25, 0.3) is 5.91 Å². The van der Waals surface area contributed by atoms with Crippen molar-refractivity contribution >= 4 is 22.3 Å². The Balaban J connectivity index is 1.13. The molecule has 0 fully saturated rings. The fourth-order valence-electron chi connectivity index (χ4n) is 3.64. The van der Waals surface area contributed by atoms with Gasteiger partial charge in [-0.05, 0) is 42.1 Å². The van der Waals surface area contributed by atoms with E-state index < -0.39 is 0 Å². The number of rotatable bonds is 8. The van der Waals surface area contributed by atoms with Crippen LogP contribution in [0, 0.1) is 0 Å². The highest BCUT2D eigenvalue weighted by atomic mass is 16.5. The van der Waals surface area contributed by atoms with Gasteiger partial charge in [-0.25, -0.2) is 0 Å². The number of carbonyl (C=O) groups is 1. The maximum Gasteiger partial charge on any atom is 0.286 e. The molecule has 160 valence electrons. The topological polar surface area (TPSA) is 81.7 Å². The lowest BCUT2D eigenvalue weighted by Gasteiger charge is -2.08. The number of ether oxygens (including phenoxy) is 1. The highest BCUT2D eigenvalue weighted by Gasteiger charge is 2.12. The van der Waals surface area contributed by atoms with E-state index in [9.17, 15) is 4.79 Å². The zero-order valence-corrected chi connectivity index (χ0v) is 17.4. The maximum absolute atomic E-state index is 12.4. The van der Waals surface area contributed by atoms with Gasteiger partial charge in [-0.3, -0.25) is 9.20 Å². The molecule has 0 atom stereocenters. The Kier molecular flexibility index (Phi) is 5.53. The number of pyridine rings is 1. The number of fused-ring (bicyclic) bond motifs is 2. The molecular weight excluding hydrogens is 404 g/mol. The molecule has 7 nitrogen and oxygen atoms in total. The summed E-state index contributed by atoms with van der Waals surface area (Å²) in [5.74, 6) is 2.28. The van der Waals surface area contributed by atoms with Crippen molar-refractivity contribution in [1.82, 2.24) is 19.9 Å². The number of hydrogen-bond acceptors (Lipinski definition) is 5. The van der Waals surface area contributed by atoms with E-state index in [-0.39, 0.29) is 18.3 Å². The molecule has 1 N–H and O–H groups in total. The quantitative estimate of drug-likeness (QED) is 0.372. The van der Waals surface area contributed by atoms with E-state index >= 15 is 0 Å². The smallest absolute Gasteiger partial charge is 0.286 e. The van der Waals surface area contributed by atoms with E-state index in [0.717, 1.165) is 34.4 Å². The van der Waals surface area contributed by atoms with Crippen molar-refractivity contribution in [1.29, 1.82) is 0 Å². The summed E-state index contributed by atoms with van der Waals surface area (Å²) in [6.45, 7) is 0.768. The predicted molar refractivity (Wildman–Crippen MR) is 121 cm³/mol. The SMILES string of the molecule is O=C(NCCCc1nnc2ccccn12)c1ccc(COc2cccc3ccccc23)o1.